The molecule has 0 N–H and O–H groups in total. The molecule has 66 heavy (non-hydrogen) atoms. The second-order valence-electron chi connectivity index (χ2n) is 20.4. The molecule has 7 heteroatoms. The first-order valence-electron chi connectivity index (χ1n) is 27.8. The van der Waals surface area contributed by atoms with Crippen LogP contribution in [0, 0.1) is 10.1 Å². The topological polar surface area (TPSA) is 89.8 Å². The van der Waals surface area contributed by atoms with E-state index in [1.807, 2.05) is 6.08 Å². The zero-order chi connectivity index (χ0) is 47.5. The first-order valence-corrected chi connectivity index (χ1v) is 27.8. The Hall–Kier alpha value is -3.48. The molecule has 0 unspecified atom stereocenters. The van der Waals surface area contributed by atoms with Crippen LogP contribution in [0.1, 0.15) is 264 Å². The molecule has 0 atom stereocenters. The van der Waals surface area contributed by atoms with Crippen molar-refractivity contribution in [2.24, 2.45) is 0 Å². The number of benzene rings is 1. The van der Waals surface area contributed by atoms with Crippen molar-refractivity contribution in [2.75, 3.05) is 18.1 Å². The van der Waals surface area contributed by atoms with Crippen molar-refractivity contribution in [1.82, 2.24) is 0 Å². The molecule has 0 spiro atoms. The number of ether oxygens (including phenoxy) is 1. The van der Waals surface area contributed by atoms with Crippen molar-refractivity contribution in [3.8, 4) is 0 Å². The number of nitrogens with zero attached hydrogens (tertiary/aromatic N) is 2. The number of para-hydroxylation sites is 1. The molecule has 1 aromatic carbocycles. The molecular weight excluding hydrogens is 817 g/mol. The van der Waals surface area contributed by atoms with Crippen LogP contribution >= 0.6 is 0 Å². The Morgan fingerprint density at radius 3 is 1.44 bits per heavy atom. The average Bonchev–Trinajstić information content (AvgIpc) is 3.52. The summed E-state index contributed by atoms with van der Waals surface area (Å²) in [7, 11) is 0. The fourth-order valence-corrected chi connectivity index (χ4v) is 9.98. The number of anilines is 1. The summed E-state index contributed by atoms with van der Waals surface area (Å²) in [5.41, 5.74) is 3.37. The van der Waals surface area contributed by atoms with Crippen LogP contribution in [-0.2, 0) is 19.7 Å². The lowest BCUT2D eigenvalue weighted by atomic mass is 9.83. The van der Waals surface area contributed by atoms with Crippen molar-refractivity contribution in [1.29, 1.82) is 0 Å². The highest BCUT2D eigenvalue weighted by Gasteiger charge is 2.39. The van der Waals surface area contributed by atoms with E-state index in [9.17, 15) is 19.7 Å². The molecule has 0 saturated heterocycles. The second kappa shape index (κ2) is 35.6. The summed E-state index contributed by atoms with van der Waals surface area (Å²) in [6.45, 7) is 9.58. The summed E-state index contributed by atoms with van der Waals surface area (Å²) in [5, 5.41) is 12.0. The van der Waals surface area contributed by atoms with E-state index in [1.54, 1.807) is 6.08 Å². The van der Waals surface area contributed by atoms with E-state index in [1.165, 1.54) is 222 Å². The maximum atomic E-state index is 13.7. The number of carbonyl (C=O) groups excluding carboxylic acids is 2. The van der Waals surface area contributed by atoms with Gasteiger partial charge in [-0.1, -0.05) is 258 Å². The molecular formula is C59H96N2O5. The summed E-state index contributed by atoms with van der Waals surface area (Å²) < 4.78 is 5.53. The SMILES string of the molecule is CCCCCCCCCCCCCCCCCCCCCC(=O)OCC1=CC([N+](=O)[O-])=C/C(=C\C=C2\N(CCCCCCCCCCCCCCCCCC)c3ccccc3C2(C)C)C1=O. The van der Waals surface area contributed by atoms with Crippen LogP contribution < -0.4 is 4.90 Å². The predicted octanol–water partition coefficient (Wildman–Crippen LogP) is 17.9. The van der Waals surface area contributed by atoms with Crippen molar-refractivity contribution in [3.63, 3.8) is 0 Å². The molecule has 1 aliphatic heterocycles. The van der Waals surface area contributed by atoms with Gasteiger partial charge in [-0.15, -0.1) is 0 Å². The van der Waals surface area contributed by atoms with Gasteiger partial charge in [-0.05, 0) is 36.6 Å². The molecule has 3 rings (SSSR count). The summed E-state index contributed by atoms with van der Waals surface area (Å²) in [6.07, 6.45) is 52.5. The minimum absolute atomic E-state index is 0.134. The zero-order valence-electron chi connectivity index (χ0n) is 42.9. The lowest BCUT2D eigenvalue weighted by Gasteiger charge is -2.27. The highest BCUT2D eigenvalue weighted by molar-refractivity contribution is 6.12. The molecule has 0 saturated carbocycles. The molecule has 7 nitrogen and oxygen atoms in total. The molecule has 372 valence electrons. The number of fused-ring (bicyclic) bond motifs is 1. The predicted molar refractivity (Wildman–Crippen MR) is 280 cm³/mol. The molecule has 0 fully saturated rings. The van der Waals surface area contributed by atoms with Gasteiger partial charge in [0.1, 0.15) is 6.61 Å². The van der Waals surface area contributed by atoms with Gasteiger partial charge in [0.05, 0.1) is 4.92 Å². The van der Waals surface area contributed by atoms with Crippen LogP contribution in [0.15, 0.2) is 71.1 Å². The van der Waals surface area contributed by atoms with Crippen molar-refractivity contribution < 1.29 is 19.2 Å². The number of nitro groups is 1. The maximum Gasteiger partial charge on any atom is 0.306 e. The number of rotatable bonds is 41. The van der Waals surface area contributed by atoms with Gasteiger partial charge in [-0.3, -0.25) is 19.7 Å². The summed E-state index contributed by atoms with van der Waals surface area (Å²) in [5.74, 6) is -0.706. The van der Waals surface area contributed by atoms with Crippen molar-refractivity contribution in [2.45, 2.75) is 264 Å². The van der Waals surface area contributed by atoms with Crippen LogP contribution in [-0.4, -0.2) is 29.8 Å². The first kappa shape index (κ1) is 56.8. The van der Waals surface area contributed by atoms with E-state index in [0.717, 1.165) is 37.9 Å². The highest BCUT2D eigenvalue weighted by Crippen LogP contribution is 2.47. The summed E-state index contributed by atoms with van der Waals surface area (Å²) in [4.78, 5) is 40.3. The Balaban J connectivity index is 1.36. The Morgan fingerprint density at radius 1 is 0.591 bits per heavy atom. The van der Waals surface area contributed by atoms with Gasteiger partial charge in [0.2, 0.25) is 0 Å². The minimum Gasteiger partial charge on any atom is -0.461 e. The van der Waals surface area contributed by atoms with E-state index in [0.29, 0.717) is 0 Å². The lowest BCUT2D eigenvalue weighted by molar-refractivity contribution is -0.419. The molecule has 0 bridgehead atoms. The van der Waals surface area contributed by atoms with E-state index < -0.39 is 4.92 Å². The molecule has 1 aliphatic carbocycles. The van der Waals surface area contributed by atoms with E-state index >= 15 is 0 Å². The largest absolute Gasteiger partial charge is 0.461 e. The van der Waals surface area contributed by atoms with Gasteiger partial charge >= 0.3 is 5.97 Å². The summed E-state index contributed by atoms with van der Waals surface area (Å²) >= 11 is 0. The second-order valence-corrected chi connectivity index (χ2v) is 20.4. The van der Waals surface area contributed by atoms with Crippen molar-refractivity contribution in [3.05, 3.63) is 86.8 Å². The maximum absolute atomic E-state index is 13.7. The van der Waals surface area contributed by atoms with E-state index in [-0.39, 0.29) is 47.0 Å². The number of carbonyl (C=O) groups is 2. The average molecular weight is 913 g/mol. The van der Waals surface area contributed by atoms with Gasteiger partial charge in [0.15, 0.2) is 5.78 Å². The molecule has 0 radical (unpaired) electrons. The molecule has 1 heterocycles. The number of hydrogen-bond donors (Lipinski definition) is 0. The Kier molecular flexibility index (Phi) is 30.7. The van der Waals surface area contributed by atoms with Gasteiger partial charge < -0.3 is 9.64 Å². The smallest absolute Gasteiger partial charge is 0.306 e. The number of ketones is 1. The number of unbranched alkanes of at least 4 members (excludes halogenated alkanes) is 33. The van der Waals surface area contributed by atoms with Crippen LogP contribution in [0.25, 0.3) is 0 Å². The Bertz CT molecular complexity index is 1640. The fraction of sp³-hybridized carbons (Fsp3) is 0.729. The fourth-order valence-electron chi connectivity index (χ4n) is 9.98. The Labute approximate surface area is 404 Å². The molecule has 0 aromatic heterocycles. The van der Waals surface area contributed by atoms with Crippen LogP contribution in [0.5, 0.6) is 0 Å². The zero-order valence-corrected chi connectivity index (χ0v) is 42.9. The Morgan fingerprint density at radius 2 is 1.00 bits per heavy atom. The number of esters is 1. The lowest BCUT2D eigenvalue weighted by Crippen LogP contribution is -2.27. The monoisotopic (exact) mass is 913 g/mol. The third-order valence-electron chi connectivity index (χ3n) is 14.2. The van der Waals surface area contributed by atoms with Gasteiger partial charge in [-0.2, -0.15) is 0 Å². The molecule has 1 aromatic rings. The molecule has 0 amide bonds. The third-order valence-corrected chi connectivity index (χ3v) is 14.2. The minimum atomic E-state index is -0.479. The van der Waals surface area contributed by atoms with E-state index in [4.69, 9.17) is 4.74 Å². The van der Waals surface area contributed by atoms with Gasteiger partial charge in [0, 0.05) is 53.1 Å². The number of allylic oxidation sites excluding steroid dienone is 6. The standard InChI is InChI=1S/C59H96N2O5/c1-5-7-9-11-13-15-17-19-21-23-24-25-26-28-30-32-34-36-38-44-57(62)66-50-52-49-53(61(64)65)48-51(58(52)63)45-46-56-59(3,4)54-42-39-40-43-55(54)60(56)47-41-37-35-33-31-29-27-22-20-18-16-14-12-10-8-6-2/h39-40,42-43,45-46,48-49H,5-38,41,44,47,50H2,1-4H3/b51-45+,56-46+. The van der Waals surface area contributed by atoms with Crippen LogP contribution in [0.4, 0.5) is 5.69 Å². The quantitative estimate of drug-likeness (QED) is 0.0214. The third kappa shape index (κ3) is 23.0. The van der Waals surface area contributed by atoms with Crippen LogP contribution in [0.2, 0.25) is 0 Å². The summed E-state index contributed by atoms with van der Waals surface area (Å²) in [6, 6.07) is 8.50. The van der Waals surface area contributed by atoms with Crippen molar-refractivity contribution >= 4 is 17.4 Å². The number of Topliss-reactive ketones (excluding diaryl/α,β-unsaturated/α-hetero) is 1. The van der Waals surface area contributed by atoms with E-state index in [2.05, 4.69) is 56.9 Å². The first-order chi connectivity index (χ1) is 32.2. The highest BCUT2D eigenvalue weighted by atomic mass is 16.6. The van der Waals surface area contributed by atoms with Gasteiger partial charge in [-0.25, -0.2) is 0 Å². The van der Waals surface area contributed by atoms with Crippen LogP contribution in [0.3, 0.4) is 0 Å². The molecule has 2 aliphatic rings. The van der Waals surface area contributed by atoms with Gasteiger partial charge in [0.25, 0.3) is 5.70 Å². The normalized spacial score (nSPS) is 15.7. The number of hydrogen-bond acceptors (Lipinski definition) is 6.